The number of hydrogen-bond donors (Lipinski definition) is 1. The van der Waals surface area contributed by atoms with Crippen LogP contribution in [0.4, 0.5) is 5.69 Å². The molecule has 0 spiro atoms. The van der Waals surface area contributed by atoms with Gasteiger partial charge < -0.3 is 19.2 Å². The van der Waals surface area contributed by atoms with Crippen LogP contribution in [0, 0.1) is 0 Å². The summed E-state index contributed by atoms with van der Waals surface area (Å²) in [7, 11) is 1.55. The smallest absolute Gasteiger partial charge is 0.331 e. The molecule has 0 saturated carbocycles. The van der Waals surface area contributed by atoms with Gasteiger partial charge in [0.25, 0.3) is 5.91 Å². The first-order chi connectivity index (χ1) is 14.4. The molecule has 154 valence electrons. The second-order valence-electron chi connectivity index (χ2n) is 6.53. The first-order valence-corrected chi connectivity index (χ1v) is 9.25. The van der Waals surface area contributed by atoms with E-state index in [1.54, 1.807) is 43.5 Å². The molecular formula is C23H21NO6. The highest BCUT2D eigenvalue weighted by Crippen LogP contribution is 2.28. The number of Topliss-reactive ketones (excluding diaryl/α,β-unsaturated/α-hetero) is 1. The monoisotopic (exact) mass is 407 g/mol. The molecule has 2 aromatic carbocycles. The highest BCUT2D eigenvalue weighted by atomic mass is 16.5. The zero-order chi connectivity index (χ0) is 21.7. The van der Waals surface area contributed by atoms with Crippen LogP contribution in [0.2, 0.25) is 0 Å². The van der Waals surface area contributed by atoms with E-state index in [1.165, 1.54) is 26.0 Å². The second kappa shape index (κ2) is 9.09. The third kappa shape index (κ3) is 4.75. The van der Waals surface area contributed by atoms with Crippen LogP contribution in [-0.2, 0) is 14.3 Å². The predicted molar refractivity (Wildman–Crippen MR) is 112 cm³/mol. The van der Waals surface area contributed by atoms with Gasteiger partial charge in [-0.1, -0.05) is 24.3 Å². The maximum Gasteiger partial charge on any atom is 0.331 e. The van der Waals surface area contributed by atoms with Crippen molar-refractivity contribution in [3.8, 4) is 5.75 Å². The van der Waals surface area contributed by atoms with Gasteiger partial charge >= 0.3 is 5.97 Å². The van der Waals surface area contributed by atoms with E-state index in [-0.39, 0.29) is 5.78 Å². The van der Waals surface area contributed by atoms with Gasteiger partial charge in [0.2, 0.25) is 0 Å². The Morgan fingerprint density at radius 1 is 1.10 bits per heavy atom. The second-order valence-corrected chi connectivity index (χ2v) is 6.53. The van der Waals surface area contributed by atoms with E-state index in [4.69, 9.17) is 13.9 Å². The van der Waals surface area contributed by atoms with Crippen LogP contribution in [-0.4, -0.2) is 30.9 Å². The molecule has 1 aromatic heterocycles. The molecule has 7 nitrogen and oxygen atoms in total. The number of fused-ring (bicyclic) bond motifs is 1. The number of methoxy groups -OCH3 is 1. The molecule has 1 amide bonds. The van der Waals surface area contributed by atoms with Crippen molar-refractivity contribution in [2.24, 2.45) is 0 Å². The fraction of sp³-hybridized carbons (Fsp3) is 0.174. The quantitative estimate of drug-likeness (QED) is 0.358. The third-order valence-electron chi connectivity index (χ3n) is 4.36. The fourth-order valence-corrected chi connectivity index (χ4v) is 2.85. The van der Waals surface area contributed by atoms with Crippen molar-refractivity contribution in [1.82, 2.24) is 0 Å². The molecule has 0 aliphatic heterocycles. The Kier molecular flexibility index (Phi) is 6.32. The number of nitrogens with one attached hydrogen (secondary N) is 1. The van der Waals surface area contributed by atoms with Crippen molar-refractivity contribution in [3.05, 3.63) is 65.9 Å². The molecule has 0 aliphatic carbocycles. The summed E-state index contributed by atoms with van der Waals surface area (Å²) >= 11 is 0. The van der Waals surface area contributed by atoms with Gasteiger partial charge in [-0.25, -0.2) is 4.79 Å². The molecule has 0 aliphatic rings. The maximum atomic E-state index is 12.3. The lowest BCUT2D eigenvalue weighted by atomic mass is 10.1. The van der Waals surface area contributed by atoms with Crippen LogP contribution in [0.5, 0.6) is 5.75 Å². The molecule has 1 atom stereocenters. The van der Waals surface area contributed by atoms with Gasteiger partial charge in [0.1, 0.15) is 5.76 Å². The minimum atomic E-state index is -1.06. The van der Waals surface area contributed by atoms with Gasteiger partial charge in [-0.3, -0.25) is 9.59 Å². The third-order valence-corrected chi connectivity index (χ3v) is 4.36. The number of ether oxygens (including phenoxy) is 2. The molecule has 0 radical (unpaired) electrons. The summed E-state index contributed by atoms with van der Waals surface area (Å²) in [5.74, 6) is -0.394. The number of hydrogen-bond acceptors (Lipinski definition) is 6. The van der Waals surface area contributed by atoms with Gasteiger partial charge in [-0.2, -0.15) is 0 Å². The Hall–Kier alpha value is -3.87. The average Bonchev–Trinajstić information content (AvgIpc) is 3.15. The maximum absolute atomic E-state index is 12.3. The van der Waals surface area contributed by atoms with E-state index in [1.807, 2.05) is 12.1 Å². The van der Waals surface area contributed by atoms with Gasteiger partial charge in [-0.15, -0.1) is 0 Å². The molecule has 3 rings (SSSR count). The molecule has 1 N–H and O–H groups in total. The SMILES string of the molecule is COc1cccc2cc(C=CC(=O)OC(C)C(=O)Nc3ccccc3C(C)=O)oc12. The molecule has 0 bridgehead atoms. The van der Waals surface area contributed by atoms with E-state index in [0.717, 1.165) is 5.39 Å². The van der Waals surface area contributed by atoms with Crippen LogP contribution in [0.25, 0.3) is 17.0 Å². The number of rotatable bonds is 7. The number of ketones is 1. The van der Waals surface area contributed by atoms with Crippen LogP contribution in [0.1, 0.15) is 30.0 Å². The Morgan fingerprint density at radius 3 is 2.60 bits per heavy atom. The first kappa shape index (κ1) is 20.9. The minimum absolute atomic E-state index is 0.180. The Balaban J connectivity index is 1.63. The summed E-state index contributed by atoms with van der Waals surface area (Å²) in [6, 6.07) is 13.9. The number of amides is 1. The van der Waals surface area contributed by atoms with Gasteiger partial charge in [-0.05, 0) is 44.2 Å². The normalized spacial score (nSPS) is 12.0. The summed E-state index contributed by atoms with van der Waals surface area (Å²) in [4.78, 5) is 36.1. The molecule has 7 heteroatoms. The zero-order valence-corrected chi connectivity index (χ0v) is 16.8. The zero-order valence-electron chi connectivity index (χ0n) is 16.8. The number of para-hydroxylation sites is 2. The number of anilines is 1. The van der Waals surface area contributed by atoms with Gasteiger partial charge in [0, 0.05) is 17.0 Å². The number of carbonyl (C=O) groups is 3. The summed E-state index contributed by atoms with van der Waals surface area (Å²) in [6.45, 7) is 2.86. The minimum Gasteiger partial charge on any atom is -0.493 e. The van der Waals surface area contributed by atoms with Gasteiger partial charge in [0.15, 0.2) is 23.2 Å². The summed E-state index contributed by atoms with van der Waals surface area (Å²) in [6.07, 6.45) is 1.58. The van der Waals surface area contributed by atoms with Crippen LogP contribution in [0.3, 0.4) is 0 Å². The first-order valence-electron chi connectivity index (χ1n) is 9.25. The van der Waals surface area contributed by atoms with Crippen molar-refractivity contribution in [2.45, 2.75) is 20.0 Å². The van der Waals surface area contributed by atoms with Crippen LogP contribution in [0.15, 0.2) is 59.0 Å². The van der Waals surface area contributed by atoms with E-state index in [9.17, 15) is 14.4 Å². The van der Waals surface area contributed by atoms with Crippen molar-refractivity contribution in [2.75, 3.05) is 12.4 Å². The number of carbonyl (C=O) groups excluding carboxylic acids is 3. The Morgan fingerprint density at radius 2 is 1.87 bits per heavy atom. The summed E-state index contributed by atoms with van der Waals surface area (Å²) < 4.78 is 16.1. The van der Waals surface area contributed by atoms with Gasteiger partial charge in [0.05, 0.1) is 12.8 Å². The molecule has 30 heavy (non-hydrogen) atoms. The molecule has 1 heterocycles. The van der Waals surface area contributed by atoms with E-state index >= 15 is 0 Å². The topological polar surface area (TPSA) is 94.8 Å². The lowest BCUT2D eigenvalue weighted by molar-refractivity contribution is -0.148. The van der Waals surface area contributed by atoms with E-state index < -0.39 is 18.0 Å². The lowest BCUT2D eigenvalue weighted by Gasteiger charge is -2.14. The highest BCUT2D eigenvalue weighted by molar-refractivity contribution is 6.05. The fourth-order valence-electron chi connectivity index (χ4n) is 2.85. The Labute approximate surface area is 173 Å². The lowest BCUT2D eigenvalue weighted by Crippen LogP contribution is -2.30. The number of esters is 1. The standard InChI is InChI=1S/C23H21NO6/c1-14(25)18-8-4-5-9-19(18)24-23(27)15(2)29-21(26)12-11-17-13-16-7-6-10-20(28-3)22(16)30-17/h4-13,15H,1-3H3,(H,24,27). The highest BCUT2D eigenvalue weighted by Gasteiger charge is 2.18. The summed E-state index contributed by atoms with van der Waals surface area (Å²) in [5, 5.41) is 3.44. The largest absolute Gasteiger partial charge is 0.493 e. The molecule has 0 saturated heterocycles. The van der Waals surface area contributed by atoms with Crippen molar-refractivity contribution in [1.29, 1.82) is 0 Å². The summed E-state index contributed by atoms with van der Waals surface area (Å²) in [5.41, 5.74) is 1.32. The molecule has 3 aromatic rings. The van der Waals surface area contributed by atoms with Crippen LogP contribution < -0.4 is 10.1 Å². The van der Waals surface area contributed by atoms with E-state index in [0.29, 0.717) is 28.3 Å². The Bertz CT molecular complexity index is 1130. The molecular weight excluding hydrogens is 386 g/mol. The van der Waals surface area contributed by atoms with Crippen molar-refractivity contribution < 1.29 is 28.3 Å². The molecule has 0 fully saturated rings. The average molecular weight is 407 g/mol. The number of benzene rings is 2. The van der Waals surface area contributed by atoms with Crippen molar-refractivity contribution in [3.63, 3.8) is 0 Å². The molecule has 1 unspecified atom stereocenters. The number of furan rings is 1. The van der Waals surface area contributed by atoms with Crippen LogP contribution >= 0.6 is 0 Å². The predicted octanol–water partition coefficient (Wildman–Crippen LogP) is 4.23. The van der Waals surface area contributed by atoms with E-state index in [2.05, 4.69) is 5.32 Å². The van der Waals surface area contributed by atoms with Crippen molar-refractivity contribution >= 4 is 40.4 Å².